The Morgan fingerprint density at radius 2 is 1.71 bits per heavy atom. The van der Waals surface area contributed by atoms with Crippen molar-refractivity contribution in [1.29, 1.82) is 0 Å². The van der Waals surface area contributed by atoms with Gasteiger partial charge < -0.3 is 15.7 Å². The third-order valence-electron chi connectivity index (χ3n) is 5.08. The standard InChI is InChI=1S/C24H20N4O5S/c1-34(32,33)18-10-8-16(9-11-18)23(29)28-17-5-2-4-15(12-17)13-25-22-19-6-3-7-20(24(30)31)21(19)26-14-27-22/h2-12,14H,13H2,1H3,(H,28,29)(H,30,31)(H,25,26,27). The Kier molecular flexibility index (Phi) is 6.24. The van der Waals surface area contributed by atoms with Crippen molar-refractivity contribution in [3.05, 3.63) is 89.7 Å². The first-order valence-electron chi connectivity index (χ1n) is 10.1. The lowest BCUT2D eigenvalue weighted by Gasteiger charge is -2.11. The summed E-state index contributed by atoms with van der Waals surface area (Å²) in [6.07, 6.45) is 2.42. The zero-order valence-electron chi connectivity index (χ0n) is 18.0. The van der Waals surface area contributed by atoms with Gasteiger partial charge in [-0.15, -0.1) is 0 Å². The lowest BCUT2D eigenvalue weighted by molar-refractivity contribution is 0.0698. The van der Waals surface area contributed by atoms with E-state index in [-0.39, 0.29) is 16.4 Å². The molecule has 0 saturated carbocycles. The van der Waals surface area contributed by atoms with E-state index in [1.807, 2.05) is 6.07 Å². The Morgan fingerprint density at radius 1 is 0.971 bits per heavy atom. The molecular formula is C24H20N4O5S. The average Bonchev–Trinajstić information content (AvgIpc) is 2.82. The van der Waals surface area contributed by atoms with Crippen LogP contribution in [0.5, 0.6) is 0 Å². The van der Waals surface area contributed by atoms with E-state index in [1.165, 1.54) is 36.7 Å². The molecule has 3 aromatic carbocycles. The van der Waals surface area contributed by atoms with Crippen LogP contribution in [0.25, 0.3) is 10.9 Å². The molecule has 1 heterocycles. The third-order valence-corrected chi connectivity index (χ3v) is 6.21. The van der Waals surface area contributed by atoms with Gasteiger partial charge in [0.2, 0.25) is 0 Å². The van der Waals surface area contributed by atoms with E-state index in [9.17, 15) is 23.1 Å². The number of benzene rings is 3. The lowest BCUT2D eigenvalue weighted by atomic mass is 10.1. The number of fused-ring (bicyclic) bond motifs is 1. The van der Waals surface area contributed by atoms with Crippen molar-refractivity contribution < 1.29 is 23.1 Å². The van der Waals surface area contributed by atoms with Gasteiger partial charge in [0.15, 0.2) is 9.84 Å². The summed E-state index contributed by atoms with van der Waals surface area (Å²) in [5.41, 5.74) is 2.19. The summed E-state index contributed by atoms with van der Waals surface area (Å²) in [6, 6.07) is 17.8. The van der Waals surface area contributed by atoms with Gasteiger partial charge in [-0.25, -0.2) is 23.2 Å². The molecule has 4 aromatic rings. The zero-order valence-corrected chi connectivity index (χ0v) is 18.8. The van der Waals surface area contributed by atoms with Crippen LogP contribution < -0.4 is 10.6 Å². The summed E-state index contributed by atoms with van der Waals surface area (Å²) in [7, 11) is -3.34. The van der Waals surface area contributed by atoms with E-state index >= 15 is 0 Å². The first kappa shape index (κ1) is 22.9. The number of hydrogen-bond donors (Lipinski definition) is 3. The maximum absolute atomic E-state index is 12.6. The van der Waals surface area contributed by atoms with E-state index in [0.717, 1.165) is 11.8 Å². The molecule has 0 atom stereocenters. The number of carboxylic acid groups (broad SMARTS) is 1. The van der Waals surface area contributed by atoms with Crippen LogP contribution in [-0.4, -0.2) is 41.6 Å². The van der Waals surface area contributed by atoms with Gasteiger partial charge >= 0.3 is 5.97 Å². The molecule has 0 fully saturated rings. The van der Waals surface area contributed by atoms with Gasteiger partial charge in [0.25, 0.3) is 5.91 Å². The Hall–Kier alpha value is -4.31. The highest BCUT2D eigenvalue weighted by Crippen LogP contribution is 2.23. The SMILES string of the molecule is CS(=O)(=O)c1ccc(C(=O)Nc2cccc(CNc3ncnc4c(C(=O)O)cccc34)c2)cc1. The summed E-state index contributed by atoms with van der Waals surface area (Å²) < 4.78 is 23.2. The Bertz CT molecular complexity index is 1500. The highest BCUT2D eigenvalue weighted by atomic mass is 32.2. The molecule has 0 spiro atoms. The van der Waals surface area contributed by atoms with Crippen LogP contribution in [-0.2, 0) is 16.4 Å². The second kappa shape index (κ2) is 9.28. The van der Waals surface area contributed by atoms with Gasteiger partial charge in [-0.05, 0) is 54.1 Å². The number of carboxylic acids is 1. The van der Waals surface area contributed by atoms with E-state index in [1.54, 1.807) is 30.3 Å². The van der Waals surface area contributed by atoms with E-state index in [4.69, 9.17) is 0 Å². The number of aromatic carboxylic acids is 1. The quantitative estimate of drug-likeness (QED) is 0.368. The summed E-state index contributed by atoms with van der Waals surface area (Å²) in [5, 5.41) is 15.9. The molecule has 1 aromatic heterocycles. The number of aromatic nitrogens is 2. The maximum Gasteiger partial charge on any atom is 0.337 e. The molecule has 0 radical (unpaired) electrons. The van der Waals surface area contributed by atoms with Crippen molar-refractivity contribution in [2.45, 2.75) is 11.4 Å². The first-order valence-corrected chi connectivity index (χ1v) is 12.0. The molecule has 0 aliphatic carbocycles. The first-order chi connectivity index (χ1) is 16.2. The van der Waals surface area contributed by atoms with Gasteiger partial charge in [0.05, 0.1) is 16.0 Å². The number of hydrogen-bond acceptors (Lipinski definition) is 7. The van der Waals surface area contributed by atoms with Crippen LogP contribution in [0.1, 0.15) is 26.3 Å². The molecule has 172 valence electrons. The predicted octanol–water partition coefficient (Wildman–Crippen LogP) is 3.60. The van der Waals surface area contributed by atoms with E-state index in [0.29, 0.717) is 34.5 Å². The average molecular weight is 477 g/mol. The molecule has 0 saturated heterocycles. The smallest absolute Gasteiger partial charge is 0.337 e. The number of para-hydroxylation sites is 1. The molecule has 1 amide bonds. The second-order valence-corrected chi connectivity index (χ2v) is 9.55. The number of carbonyl (C=O) groups excluding carboxylic acids is 1. The minimum absolute atomic E-state index is 0.0947. The Labute approximate surface area is 195 Å². The number of nitrogens with zero attached hydrogens (tertiary/aromatic N) is 2. The molecule has 0 unspecified atom stereocenters. The molecule has 0 aliphatic heterocycles. The number of rotatable bonds is 7. The fraction of sp³-hybridized carbons (Fsp3) is 0.0833. The van der Waals surface area contributed by atoms with E-state index < -0.39 is 15.8 Å². The van der Waals surface area contributed by atoms with Crippen molar-refractivity contribution in [3.63, 3.8) is 0 Å². The highest BCUT2D eigenvalue weighted by molar-refractivity contribution is 7.90. The fourth-order valence-electron chi connectivity index (χ4n) is 3.40. The van der Waals surface area contributed by atoms with Crippen LogP contribution in [0.15, 0.2) is 78.0 Å². The number of nitrogens with one attached hydrogen (secondary N) is 2. The largest absolute Gasteiger partial charge is 0.478 e. The van der Waals surface area contributed by atoms with Crippen LogP contribution >= 0.6 is 0 Å². The summed E-state index contributed by atoms with van der Waals surface area (Å²) in [4.78, 5) is 32.5. The topological polar surface area (TPSA) is 138 Å². The van der Waals surface area contributed by atoms with Crippen molar-refractivity contribution in [1.82, 2.24) is 9.97 Å². The number of anilines is 2. The predicted molar refractivity (Wildman–Crippen MR) is 128 cm³/mol. The van der Waals surface area contributed by atoms with Gasteiger partial charge in [0, 0.05) is 29.4 Å². The third kappa shape index (κ3) is 5.02. The molecule has 34 heavy (non-hydrogen) atoms. The number of carbonyl (C=O) groups is 2. The summed E-state index contributed by atoms with van der Waals surface area (Å²) in [6.45, 7) is 0.371. The van der Waals surface area contributed by atoms with Crippen LogP contribution in [0.2, 0.25) is 0 Å². The van der Waals surface area contributed by atoms with E-state index in [2.05, 4.69) is 20.6 Å². The molecule has 10 heteroatoms. The Balaban J connectivity index is 1.48. The molecular weight excluding hydrogens is 456 g/mol. The number of sulfone groups is 1. The zero-order chi connectivity index (χ0) is 24.3. The summed E-state index contributed by atoms with van der Waals surface area (Å²) in [5.74, 6) is -0.939. The molecule has 9 nitrogen and oxygen atoms in total. The van der Waals surface area contributed by atoms with Crippen molar-refractivity contribution >= 4 is 44.1 Å². The maximum atomic E-state index is 12.6. The van der Waals surface area contributed by atoms with Gasteiger partial charge in [-0.2, -0.15) is 0 Å². The fourth-order valence-corrected chi connectivity index (χ4v) is 4.03. The van der Waals surface area contributed by atoms with Crippen LogP contribution in [0, 0.1) is 0 Å². The lowest BCUT2D eigenvalue weighted by Crippen LogP contribution is -2.12. The molecule has 0 bridgehead atoms. The second-order valence-electron chi connectivity index (χ2n) is 7.53. The van der Waals surface area contributed by atoms with Crippen molar-refractivity contribution in [2.75, 3.05) is 16.9 Å². The summed E-state index contributed by atoms with van der Waals surface area (Å²) >= 11 is 0. The molecule has 4 rings (SSSR count). The van der Waals surface area contributed by atoms with Crippen molar-refractivity contribution in [3.8, 4) is 0 Å². The van der Waals surface area contributed by atoms with Gasteiger partial charge in [-0.3, -0.25) is 4.79 Å². The minimum Gasteiger partial charge on any atom is -0.478 e. The normalized spacial score (nSPS) is 11.2. The highest BCUT2D eigenvalue weighted by Gasteiger charge is 2.13. The van der Waals surface area contributed by atoms with Gasteiger partial charge in [0.1, 0.15) is 12.1 Å². The Morgan fingerprint density at radius 3 is 2.41 bits per heavy atom. The molecule has 3 N–H and O–H groups in total. The van der Waals surface area contributed by atoms with Crippen LogP contribution in [0.4, 0.5) is 11.5 Å². The van der Waals surface area contributed by atoms with Crippen molar-refractivity contribution in [2.24, 2.45) is 0 Å². The van der Waals surface area contributed by atoms with Gasteiger partial charge in [-0.1, -0.05) is 18.2 Å². The molecule has 0 aliphatic rings. The van der Waals surface area contributed by atoms with Crippen LogP contribution in [0.3, 0.4) is 0 Å². The monoisotopic (exact) mass is 476 g/mol. The number of amides is 1. The minimum atomic E-state index is -3.34.